The van der Waals surface area contributed by atoms with E-state index in [1.54, 1.807) is 7.11 Å². The zero-order chi connectivity index (χ0) is 15.6. The first-order valence-electron chi connectivity index (χ1n) is 8.14. The SMILES string of the molecule is COc1ccc(-c2cc(N3CCCC3)c3ccccc3n2)cc1. The van der Waals surface area contributed by atoms with E-state index < -0.39 is 0 Å². The Hall–Kier alpha value is -2.55. The molecule has 1 saturated heterocycles. The Morgan fingerprint density at radius 2 is 1.70 bits per heavy atom. The largest absolute Gasteiger partial charge is 0.497 e. The fourth-order valence-electron chi connectivity index (χ4n) is 3.29. The molecule has 116 valence electrons. The van der Waals surface area contributed by atoms with Crippen LogP contribution in [-0.2, 0) is 0 Å². The van der Waals surface area contributed by atoms with E-state index in [4.69, 9.17) is 9.72 Å². The third kappa shape index (κ3) is 2.63. The molecule has 2 aromatic carbocycles. The van der Waals surface area contributed by atoms with Crippen molar-refractivity contribution in [3.63, 3.8) is 0 Å². The highest BCUT2D eigenvalue weighted by Crippen LogP contribution is 2.33. The number of methoxy groups -OCH3 is 1. The Balaban J connectivity index is 1.86. The number of aromatic nitrogens is 1. The Kier molecular flexibility index (Phi) is 3.62. The van der Waals surface area contributed by atoms with E-state index in [0.717, 1.165) is 35.6 Å². The topological polar surface area (TPSA) is 25.4 Å². The molecule has 0 saturated carbocycles. The minimum absolute atomic E-state index is 0.870. The van der Waals surface area contributed by atoms with E-state index in [2.05, 4.69) is 47.4 Å². The maximum absolute atomic E-state index is 5.25. The number of hydrogen-bond donors (Lipinski definition) is 0. The summed E-state index contributed by atoms with van der Waals surface area (Å²) in [5.41, 5.74) is 4.51. The minimum atomic E-state index is 0.870. The molecule has 4 rings (SSSR count). The van der Waals surface area contributed by atoms with Gasteiger partial charge in [0.05, 0.1) is 18.3 Å². The molecule has 0 amide bonds. The summed E-state index contributed by atoms with van der Waals surface area (Å²) >= 11 is 0. The van der Waals surface area contributed by atoms with Gasteiger partial charge in [-0.15, -0.1) is 0 Å². The molecule has 3 aromatic rings. The molecule has 0 unspecified atom stereocenters. The minimum Gasteiger partial charge on any atom is -0.497 e. The first-order valence-corrected chi connectivity index (χ1v) is 8.14. The first-order chi connectivity index (χ1) is 11.3. The molecule has 0 atom stereocenters. The van der Waals surface area contributed by atoms with Crippen LogP contribution in [0.25, 0.3) is 22.2 Å². The van der Waals surface area contributed by atoms with Crippen molar-refractivity contribution in [2.45, 2.75) is 12.8 Å². The molecule has 1 aromatic heterocycles. The van der Waals surface area contributed by atoms with Gasteiger partial charge in [-0.2, -0.15) is 0 Å². The van der Waals surface area contributed by atoms with Crippen LogP contribution in [0.2, 0.25) is 0 Å². The Morgan fingerprint density at radius 3 is 2.43 bits per heavy atom. The molecule has 2 heterocycles. The van der Waals surface area contributed by atoms with Gasteiger partial charge in [0.25, 0.3) is 0 Å². The van der Waals surface area contributed by atoms with Crippen molar-refractivity contribution in [1.29, 1.82) is 0 Å². The van der Waals surface area contributed by atoms with Crippen molar-refractivity contribution in [3.8, 4) is 17.0 Å². The van der Waals surface area contributed by atoms with Crippen molar-refractivity contribution in [1.82, 2.24) is 4.98 Å². The highest BCUT2D eigenvalue weighted by molar-refractivity contribution is 5.94. The molecule has 3 heteroatoms. The standard InChI is InChI=1S/C20H20N2O/c1-23-16-10-8-15(9-11-16)19-14-20(22-12-4-5-13-22)17-6-2-3-7-18(17)21-19/h2-3,6-11,14H,4-5,12-13H2,1H3. The molecule has 1 fully saturated rings. The fraction of sp³-hybridized carbons (Fsp3) is 0.250. The summed E-state index contributed by atoms with van der Waals surface area (Å²) in [5, 5.41) is 1.24. The second kappa shape index (κ2) is 5.92. The number of benzene rings is 2. The summed E-state index contributed by atoms with van der Waals surface area (Å²) in [6, 6.07) is 18.8. The third-order valence-corrected chi connectivity index (χ3v) is 4.53. The van der Waals surface area contributed by atoms with E-state index in [1.807, 2.05) is 12.1 Å². The predicted octanol–water partition coefficient (Wildman–Crippen LogP) is 4.51. The summed E-state index contributed by atoms with van der Waals surface area (Å²) in [6.45, 7) is 2.27. The highest BCUT2D eigenvalue weighted by Gasteiger charge is 2.17. The number of fused-ring (bicyclic) bond motifs is 1. The van der Waals surface area contributed by atoms with Crippen LogP contribution >= 0.6 is 0 Å². The number of hydrogen-bond acceptors (Lipinski definition) is 3. The lowest BCUT2D eigenvalue weighted by Gasteiger charge is -2.20. The normalized spacial score (nSPS) is 14.4. The zero-order valence-corrected chi connectivity index (χ0v) is 13.3. The average Bonchev–Trinajstić information content (AvgIpc) is 3.15. The lowest BCUT2D eigenvalue weighted by atomic mass is 10.1. The van der Waals surface area contributed by atoms with Gasteiger partial charge in [0, 0.05) is 29.7 Å². The monoisotopic (exact) mass is 304 g/mol. The summed E-state index contributed by atoms with van der Waals surface area (Å²) in [7, 11) is 1.69. The third-order valence-electron chi connectivity index (χ3n) is 4.53. The van der Waals surface area contributed by atoms with Gasteiger partial charge in [-0.1, -0.05) is 18.2 Å². The van der Waals surface area contributed by atoms with Crippen LogP contribution in [0.5, 0.6) is 5.75 Å². The molecular weight excluding hydrogens is 284 g/mol. The van der Waals surface area contributed by atoms with Gasteiger partial charge >= 0.3 is 0 Å². The van der Waals surface area contributed by atoms with E-state index >= 15 is 0 Å². The summed E-state index contributed by atoms with van der Waals surface area (Å²) in [6.07, 6.45) is 2.54. The number of ether oxygens (including phenoxy) is 1. The Morgan fingerprint density at radius 1 is 0.957 bits per heavy atom. The quantitative estimate of drug-likeness (QED) is 0.712. The first kappa shape index (κ1) is 14.1. The fourth-order valence-corrected chi connectivity index (χ4v) is 3.29. The van der Waals surface area contributed by atoms with E-state index in [9.17, 15) is 0 Å². The summed E-state index contributed by atoms with van der Waals surface area (Å²) < 4.78 is 5.25. The number of rotatable bonds is 3. The van der Waals surface area contributed by atoms with Crippen LogP contribution in [0.15, 0.2) is 54.6 Å². The lowest BCUT2D eigenvalue weighted by molar-refractivity contribution is 0.415. The second-order valence-corrected chi connectivity index (χ2v) is 5.97. The molecular formula is C20H20N2O. The van der Waals surface area contributed by atoms with Gasteiger partial charge in [0.15, 0.2) is 0 Å². The number of para-hydroxylation sites is 1. The van der Waals surface area contributed by atoms with Crippen LogP contribution in [0.4, 0.5) is 5.69 Å². The van der Waals surface area contributed by atoms with Gasteiger partial charge in [-0.05, 0) is 49.2 Å². The highest BCUT2D eigenvalue weighted by atomic mass is 16.5. The van der Waals surface area contributed by atoms with Crippen LogP contribution in [0.3, 0.4) is 0 Å². The van der Waals surface area contributed by atoms with Gasteiger partial charge in [-0.3, -0.25) is 0 Å². The van der Waals surface area contributed by atoms with Gasteiger partial charge in [0.2, 0.25) is 0 Å². The van der Waals surface area contributed by atoms with Crippen LogP contribution in [0, 0.1) is 0 Å². The molecule has 0 aliphatic carbocycles. The van der Waals surface area contributed by atoms with Crippen molar-refractivity contribution < 1.29 is 4.74 Å². The number of nitrogens with zero attached hydrogens (tertiary/aromatic N) is 2. The van der Waals surface area contributed by atoms with Crippen molar-refractivity contribution in [2.24, 2.45) is 0 Å². The molecule has 0 bridgehead atoms. The molecule has 0 radical (unpaired) electrons. The van der Waals surface area contributed by atoms with Crippen molar-refractivity contribution >= 4 is 16.6 Å². The second-order valence-electron chi connectivity index (χ2n) is 5.97. The summed E-state index contributed by atoms with van der Waals surface area (Å²) in [5.74, 6) is 0.870. The van der Waals surface area contributed by atoms with Crippen LogP contribution < -0.4 is 9.64 Å². The molecule has 0 N–H and O–H groups in total. The van der Waals surface area contributed by atoms with E-state index in [-0.39, 0.29) is 0 Å². The molecule has 3 nitrogen and oxygen atoms in total. The summed E-state index contributed by atoms with van der Waals surface area (Å²) in [4.78, 5) is 7.35. The van der Waals surface area contributed by atoms with Gasteiger partial charge in [0.1, 0.15) is 5.75 Å². The van der Waals surface area contributed by atoms with Crippen molar-refractivity contribution in [3.05, 3.63) is 54.6 Å². The van der Waals surface area contributed by atoms with Crippen molar-refractivity contribution in [2.75, 3.05) is 25.1 Å². The average molecular weight is 304 g/mol. The lowest BCUT2D eigenvalue weighted by Crippen LogP contribution is -2.18. The van der Waals surface area contributed by atoms with Gasteiger partial charge < -0.3 is 9.64 Å². The molecule has 1 aliphatic heterocycles. The maximum atomic E-state index is 5.25. The van der Waals surface area contributed by atoms with Crippen LogP contribution in [0.1, 0.15) is 12.8 Å². The zero-order valence-electron chi connectivity index (χ0n) is 13.3. The Bertz CT molecular complexity index is 821. The Labute approximate surface area is 136 Å². The number of anilines is 1. The predicted molar refractivity (Wildman–Crippen MR) is 95.2 cm³/mol. The van der Waals surface area contributed by atoms with E-state index in [1.165, 1.54) is 23.9 Å². The smallest absolute Gasteiger partial charge is 0.118 e. The maximum Gasteiger partial charge on any atom is 0.118 e. The van der Waals surface area contributed by atoms with E-state index in [0.29, 0.717) is 0 Å². The molecule has 0 spiro atoms. The molecule has 23 heavy (non-hydrogen) atoms. The van der Waals surface area contributed by atoms with Gasteiger partial charge in [-0.25, -0.2) is 4.98 Å². The molecule has 1 aliphatic rings. The van der Waals surface area contributed by atoms with Crippen LogP contribution in [-0.4, -0.2) is 25.2 Å². The number of pyridine rings is 1.